The van der Waals surface area contributed by atoms with Gasteiger partial charge in [-0.1, -0.05) is 24.3 Å². The van der Waals surface area contributed by atoms with Gasteiger partial charge in [-0.3, -0.25) is 14.9 Å². The number of aromatic nitrogens is 2. The summed E-state index contributed by atoms with van der Waals surface area (Å²) in [6.45, 7) is 6.03. The summed E-state index contributed by atoms with van der Waals surface area (Å²) in [6.07, 6.45) is 3.20. The van der Waals surface area contributed by atoms with Gasteiger partial charge in [0.15, 0.2) is 0 Å². The quantitative estimate of drug-likeness (QED) is 0.613. The van der Waals surface area contributed by atoms with Gasteiger partial charge in [-0.05, 0) is 48.9 Å². The lowest BCUT2D eigenvalue weighted by Gasteiger charge is -2.33. The van der Waals surface area contributed by atoms with E-state index in [4.69, 9.17) is 4.74 Å². The van der Waals surface area contributed by atoms with E-state index in [9.17, 15) is 4.79 Å². The zero-order valence-electron chi connectivity index (χ0n) is 17.9. The number of hydrogen-bond acceptors (Lipinski definition) is 5. The predicted molar refractivity (Wildman–Crippen MR) is 120 cm³/mol. The van der Waals surface area contributed by atoms with Crippen LogP contribution in [0, 0.1) is 6.92 Å². The number of pyridine rings is 2. The molecular weight excluding hydrogens is 388 g/mol. The number of carbonyl (C=O) groups is 1. The lowest BCUT2D eigenvalue weighted by atomic mass is 10.1. The molecule has 1 aromatic carbocycles. The highest BCUT2D eigenvalue weighted by Gasteiger charge is 2.22. The Hall–Kier alpha value is -3.25. The molecule has 1 aliphatic heterocycles. The Bertz CT molecular complexity index is 984. The van der Waals surface area contributed by atoms with Gasteiger partial charge in [-0.25, -0.2) is 4.79 Å². The maximum atomic E-state index is 12.5. The highest BCUT2D eigenvalue weighted by atomic mass is 16.6. The zero-order chi connectivity index (χ0) is 21.5. The molecule has 3 aromatic rings. The second kappa shape index (κ2) is 10.2. The van der Waals surface area contributed by atoms with Gasteiger partial charge < -0.3 is 9.64 Å². The van der Waals surface area contributed by atoms with Gasteiger partial charge in [0.25, 0.3) is 0 Å². The molecule has 0 saturated carbocycles. The van der Waals surface area contributed by atoms with Gasteiger partial charge in [0.05, 0.1) is 0 Å². The molecule has 0 atom stereocenters. The number of hydrogen-bond donors (Lipinski definition) is 0. The Labute approximate surface area is 183 Å². The van der Waals surface area contributed by atoms with Crippen molar-refractivity contribution < 1.29 is 9.53 Å². The maximum Gasteiger partial charge on any atom is 0.415 e. The van der Waals surface area contributed by atoms with Crippen molar-refractivity contribution in [3.8, 4) is 5.75 Å². The number of piperazine rings is 1. The van der Waals surface area contributed by atoms with Gasteiger partial charge >= 0.3 is 6.09 Å². The van der Waals surface area contributed by atoms with E-state index in [0.717, 1.165) is 55.1 Å². The average molecular weight is 417 g/mol. The summed E-state index contributed by atoms with van der Waals surface area (Å²) in [7, 11) is 0. The fourth-order valence-electron chi connectivity index (χ4n) is 3.72. The number of rotatable bonds is 6. The van der Waals surface area contributed by atoms with Crippen molar-refractivity contribution in [2.24, 2.45) is 0 Å². The first kappa shape index (κ1) is 21.0. The van der Waals surface area contributed by atoms with E-state index in [1.165, 1.54) is 0 Å². The van der Waals surface area contributed by atoms with Crippen molar-refractivity contribution in [2.45, 2.75) is 19.8 Å². The molecule has 1 saturated heterocycles. The van der Waals surface area contributed by atoms with Crippen LogP contribution in [0.3, 0.4) is 0 Å². The molecule has 1 amide bonds. The topological polar surface area (TPSA) is 58.6 Å². The van der Waals surface area contributed by atoms with Gasteiger partial charge in [0, 0.05) is 68.8 Å². The molecular formula is C25H28N4O2. The third-order valence-electron chi connectivity index (χ3n) is 5.50. The Morgan fingerprint density at radius 3 is 2.42 bits per heavy atom. The molecule has 160 valence electrons. The van der Waals surface area contributed by atoms with Crippen LogP contribution in [0.15, 0.2) is 66.9 Å². The van der Waals surface area contributed by atoms with Crippen LogP contribution < -0.4 is 4.74 Å². The second-order valence-corrected chi connectivity index (χ2v) is 7.86. The highest BCUT2D eigenvalue weighted by molar-refractivity contribution is 5.70. The number of benzene rings is 1. The molecule has 2 aromatic heterocycles. The van der Waals surface area contributed by atoms with E-state index in [0.29, 0.717) is 18.8 Å². The van der Waals surface area contributed by atoms with E-state index < -0.39 is 0 Å². The van der Waals surface area contributed by atoms with Crippen molar-refractivity contribution in [3.05, 3.63) is 89.5 Å². The van der Waals surface area contributed by atoms with Crippen LogP contribution >= 0.6 is 0 Å². The van der Waals surface area contributed by atoms with Crippen LogP contribution in [0.5, 0.6) is 5.75 Å². The monoisotopic (exact) mass is 416 g/mol. The minimum Gasteiger partial charge on any atom is -0.410 e. The lowest BCUT2D eigenvalue weighted by Crippen LogP contribution is -2.49. The van der Waals surface area contributed by atoms with E-state index in [-0.39, 0.29) is 6.09 Å². The molecule has 0 bridgehead atoms. The summed E-state index contributed by atoms with van der Waals surface area (Å²) < 4.78 is 5.58. The predicted octanol–water partition coefficient (Wildman–Crippen LogP) is 3.73. The molecule has 1 aliphatic rings. The average Bonchev–Trinajstić information content (AvgIpc) is 2.80. The van der Waals surface area contributed by atoms with Crippen molar-refractivity contribution >= 4 is 6.09 Å². The van der Waals surface area contributed by atoms with Gasteiger partial charge in [-0.15, -0.1) is 0 Å². The van der Waals surface area contributed by atoms with Crippen LogP contribution in [0.1, 0.15) is 22.6 Å². The number of nitrogens with zero attached hydrogens (tertiary/aromatic N) is 4. The SMILES string of the molecule is Cc1cccc(CCN2CCN(C(=O)Oc3ccc(Cc4ccccn4)cc3)CC2)n1. The molecule has 31 heavy (non-hydrogen) atoms. The summed E-state index contributed by atoms with van der Waals surface area (Å²) in [5, 5.41) is 0. The third kappa shape index (κ3) is 6.12. The van der Waals surface area contributed by atoms with Crippen molar-refractivity contribution in [2.75, 3.05) is 32.7 Å². The summed E-state index contributed by atoms with van der Waals surface area (Å²) in [5.41, 5.74) is 4.32. The molecule has 4 rings (SSSR count). The van der Waals surface area contributed by atoms with Crippen LogP contribution in [-0.4, -0.2) is 58.6 Å². The van der Waals surface area contributed by atoms with Crippen molar-refractivity contribution in [1.82, 2.24) is 19.8 Å². The Morgan fingerprint density at radius 2 is 1.71 bits per heavy atom. The molecule has 0 spiro atoms. The van der Waals surface area contributed by atoms with Crippen LogP contribution in [0.25, 0.3) is 0 Å². The zero-order valence-corrected chi connectivity index (χ0v) is 17.9. The molecule has 3 heterocycles. The summed E-state index contributed by atoms with van der Waals surface area (Å²) in [4.78, 5) is 25.6. The summed E-state index contributed by atoms with van der Waals surface area (Å²) >= 11 is 0. The molecule has 6 heteroatoms. The molecule has 0 N–H and O–H groups in total. The normalized spacial score (nSPS) is 14.4. The van der Waals surface area contributed by atoms with E-state index >= 15 is 0 Å². The highest BCUT2D eigenvalue weighted by Crippen LogP contribution is 2.16. The first-order chi connectivity index (χ1) is 15.2. The van der Waals surface area contributed by atoms with Crippen molar-refractivity contribution in [1.29, 1.82) is 0 Å². The summed E-state index contributed by atoms with van der Waals surface area (Å²) in [6, 6.07) is 19.7. The van der Waals surface area contributed by atoms with Crippen LogP contribution in [0.2, 0.25) is 0 Å². The molecule has 0 aliphatic carbocycles. The molecule has 0 unspecified atom stereocenters. The van der Waals surface area contributed by atoms with Gasteiger partial charge in [0.1, 0.15) is 5.75 Å². The number of ether oxygens (including phenoxy) is 1. The fourth-order valence-corrected chi connectivity index (χ4v) is 3.72. The maximum absolute atomic E-state index is 12.5. The Balaban J connectivity index is 1.21. The van der Waals surface area contributed by atoms with Gasteiger partial charge in [-0.2, -0.15) is 0 Å². The van der Waals surface area contributed by atoms with E-state index in [1.54, 1.807) is 11.1 Å². The van der Waals surface area contributed by atoms with Crippen LogP contribution in [-0.2, 0) is 12.8 Å². The third-order valence-corrected chi connectivity index (χ3v) is 5.50. The minimum atomic E-state index is -0.280. The first-order valence-corrected chi connectivity index (χ1v) is 10.8. The largest absolute Gasteiger partial charge is 0.415 e. The van der Waals surface area contributed by atoms with E-state index in [2.05, 4.69) is 27.0 Å². The molecule has 1 fully saturated rings. The lowest BCUT2D eigenvalue weighted by molar-refractivity contribution is 0.111. The minimum absolute atomic E-state index is 0.280. The Kier molecular flexibility index (Phi) is 6.89. The molecule has 0 radical (unpaired) electrons. The van der Waals surface area contributed by atoms with E-state index in [1.807, 2.05) is 55.5 Å². The van der Waals surface area contributed by atoms with Gasteiger partial charge in [0.2, 0.25) is 0 Å². The number of amides is 1. The first-order valence-electron chi connectivity index (χ1n) is 10.8. The smallest absolute Gasteiger partial charge is 0.410 e. The number of carbonyl (C=O) groups excluding carboxylic acids is 1. The van der Waals surface area contributed by atoms with Crippen LogP contribution in [0.4, 0.5) is 4.79 Å². The second-order valence-electron chi connectivity index (χ2n) is 7.86. The molecule has 6 nitrogen and oxygen atoms in total. The van der Waals surface area contributed by atoms with Crippen molar-refractivity contribution in [3.63, 3.8) is 0 Å². The standard InChI is InChI=1S/C25H28N4O2/c1-20-5-4-7-22(27-20)12-14-28-15-17-29(18-16-28)25(30)31-24-10-8-21(9-11-24)19-23-6-2-3-13-26-23/h2-11,13H,12,14-19H2,1H3. The summed E-state index contributed by atoms with van der Waals surface area (Å²) in [5.74, 6) is 0.572. The fraction of sp³-hybridized carbons (Fsp3) is 0.320. The number of aryl methyl sites for hydroxylation is 1. The Morgan fingerprint density at radius 1 is 0.935 bits per heavy atom.